The van der Waals surface area contributed by atoms with E-state index in [2.05, 4.69) is 45.3 Å². The van der Waals surface area contributed by atoms with Gasteiger partial charge in [-0.05, 0) is 34.9 Å². The summed E-state index contributed by atoms with van der Waals surface area (Å²) in [5.74, 6) is 0.937. The van der Waals surface area contributed by atoms with E-state index in [9.17, 15) is 5.11 Å². The highest BCUT2D eigenvalue weighted by Crippen LogP contribution is 2.23. The molecule has 26 heavy (non-hydrogen) atoms. The van der Waals surface area contributed by atoms with Crippen molar-refractivity contribution < 1.29 is 9.84 Å². The van der Waals surface area contributed by atoms with Crippen molar-refractivity contribution in [2.45, 2.75) is 25.6 Å². The van der Waals surface area contributed by atoms with Crippen LogP contribution in [0.5, 0.6) is 5.75 Å². The van der Waals surface area contributed by atoms with E-state index in [1.54, 1.807) is 17.4 Å². The maximum atomic E-state index is 9.51. The van der Waals surface area contributed by atoms with Crippen LogP contribution in [0.3, 0.4) is 0 Å². The summed E-state index contributed by atoms with van der Waals surface area (Å²) in [6.07, 6.45) is 2.59. The molecule has 0 bridgehead atoms. The average molecular weight is 373 g/mol. The number of ether oxygens (including phenoxy) is 1. The van der Waals surface area contributed by atoms with Gasteiger partial charge in [0, 0.05) is 50.9 Å². The summed E-state index contributed by atoms with van der Waals surface area (Å²) >= 11 is 1.75. The fourth-order valence-electron chi connectivity index (χ4n) is 3.51. The molecule has 1 fully saturated rings. The molecule has 3 rings (SSSR count). The molecule has 1 N–H and O–H groups in total. The van der Waals surface area contributed by atoms with Gasteiger partial charge in [-0.25, -0.2) is 0 Å². The van der Waals surface area contributed by atoms with Crippen LogP contribution < -0.4 is 4.74 Å². The Kier molecular flexibility index (Phi) is 7.26. The Balaban J connectivity index is 1.63. The largest absolute Gasteiger partial charge is 0.489 e. The van der Waals surface area contributed by atoms with E-state index in [4.69, 9.17) is 4.74 Å². The van der Waals surface area contributed by atoms with Crippen LogP contribution in [0.1, 0.15) is 17.5 Å². The molecule has 0 spiro atoms. The van der Waals surface area contributed by atoms with E-state index < -0.39 is 0 Å². The summed E-state index contributed by atoms with van der Waals surface area (Å²) in [4.78, 5) is 4.98. The minimum atomic E-state index is 0.234. The Bertz CT molecular complexity index is 674. The molecule has 1 atom stereocenters. The summed E-state index contributed by atoms with van der Waals surface area (Å²) in [5, 5.41) is 13.9. The van der Waals surface area contributed by atoms with Gasteiger partial charge in [-0.1, -0.05) is 30.9 Å². The molecule has 0 amide bonds. The molecule has 1 saturated heterocycles. The lowest BCUT2D eigenvalue weighted by Gasteiger charge is -2.41. The molecule has 1 aliphatic rings. The Morgan fingerprint density at radius 2 is 2.12 bits per heavy atom. The molecule has 0 unspecified atom stereocenters. The fraction of sp³-hybridized carbons (Fsp3) is 0.429. The molecular formula is C21H28N2O2S. The predicted octanol–water partition coefficient (Wildman–Crippen LogP) is 3.38. The summed E-state index contributed by atoms with van der Waals surface area (Å²) in [6.45, 7) is 9.36. The molecule has 2 heterocycles. The highest BCUT2D eigenvalue weighted by Gasteiger charge is 2.27. The Hall–Kier alpha value is -1.66. The zero-order valence-electron chi connectivity index (χ0n) is 15.2. The monoisotopic (exact) mass is 372 g/mol. The van der Waals surface area contributed by atoms with Gasteiger partial charge in [0.25, 0.3) is 0 Å². The number of benzene rings is 1. The summed E-state index contributed by atoms with van der Waals surface area (Å²) in [7, 11) is 0. The lowest BCUT2D eigenvalue weighted by atomic mass is 10.1. The van der Waals surface area contributed by atoms with Crippen molar-refractivity contribution in [3.63, 3.8) is 0 Å². The standard InChI is InChI=1S/C21H28N2O2S/c1-2-12-25-21-6-4-3-5-19(21)15-22-9-10-23(20(16-22)7-11-24)14-18-8-13-26-17-18/h2-6,8,13,17,20,24H,1,7,9-12,14-16H2/t20-/m1/s1. The van der Waals surface area contributed by atoms with Gasteiger partial charge in [-0.3, -0.25) is 9.80 Å². The third-order valence-corrected chi connectivity index (χ3v) is 5.57. The molecule has 140 valence electrons. The van der Waals surface area contributed by atoms with E-state index in [0.29, 0.717) is 12.6 Å². The van der Waals surface area contributed by atoms with Crippen LogP contribution >= 0.6 is 11.3 Å². The quantitative estimate of drug-likeness (QED) is 0.685. The number of hydrogen-bond donors (Lipinski definition) is 1. The van der Waals surface area contributed by atoms with E-state index in [-0.39, 0.29) is 6.61 Å². The first kappa shape index (κ1) is 19.1. The van der Waals surface area contributed by atoms with Gasteiger partial charge >= 0.3 is 0 Å². The van der Waals surface area contributed by atoms with Crippen molar-refractivity contribution in [3.05, 3.63) is 64.9 Å². The van der Waals surface area contributed by atoms with E-state index in [0.717, 1.165) is 44.9 Å². The molecule has 0 aliphatic carbocycles. The highest BCUT2D eigenvalue weighted by atomic mass is 32.1. The molecular weight excluding hydrogens is 344 g/mol. The first-order chi connectivity index (χ1) is 12.8. The molecule has 1 aromatic heterocycles. The fourth-order valence-corrected chi connectivity index (χ4v) is 4.17. The lowest BCUT2D eigenvalue weighted by Crippen LogP contribution is -2.52. The SMILES string of the molecule is C=CCOc1ccccc1CN1CCN(Cc2ccsc2)[C@H](CCO)C1. The average Bonchev–Trinajstić information content (AvgIpc) is 3.16. The van der Waals surface area contributed by atoms with Crippen LogP contribution in [0.4, 0.5) is 0 Å². The number of piperazine rings is 1. The normalized spacial score (nSPS) is 18.7. The minimum absolute atomic E-state index is 0.234. The number of aliphatic hydroxyl groups excluding tert-OH is 1. The second-order valence-corrected chi connectivity index (χ2v) is 7.49. The Labute approximate surface area is 160 Å². The highest BCUT2D eigenvalue weighted by molar-refractivity contribution is 7.07. The molecule has 1 aromatic carbocycles. The summed E-state index contributed by atoms with van der Waals surface area (Å²) < 4.78 is 5.80. The minimum Gasteiger partial charge on any atom is -0.489 e. The molecule has 2 aromatic rings. The van der Waals surface area contributed by atoms with Crippen LogP contribution in [0, 0.1) is 0 Å². The Morgan fingerprint density at radius 1 is 1.23 bits per heavy atom. The van der Waals surface area contributed by atoms with Gasteiger partial charge in [-0.15, -0.1) is 0 Å². The first-order valence-corrected chi connectivity index (χ1v) is 10.1. The van der Waals surface area contributed by atoms with Crippen molar-refractivity contribution in [1.29, 1.82) is 0 Å². The van der Waals surface area contributed by atoms with Crippen molar-refractivity contribution in [2.24, 2.45) is 0 Å². The third-order valence-electron chi connectivity index (χ3n) is 4.84. The second kappa shape index (κ2) is 9.88. The van der Waals surface area contributed by atoms with Crippen LogP contribution in [0.25, 0.3) is 0 Å². The number of aliphatic hydroxyl groups is 1. The molecule has 5 heteroatoms. The Morgan fingerprint density at radius 3 is 2.88 bits per heavy atom. The van der Waals surface area contributed by atoms with E-state index in [1.807, 2.05) is 12.1 Å². The predicted molar refractivity (Wildman–Crippen MR) is 108 cm³/mol. The van der Waals surface area contributed by atoms with Gasteiger partial charge in [0.2, 0.25) is 0 Å². The van der Waals surface area contributed by atoms with Crippen molar-refractivity contribution in [1.82, 2.24) is 9.80 Å². The van der Waals surface area contributed by atoms with E-state index >= 15 is 0 Å². The molecule has 1 aliphatic heterocycles. The summed E-state index contributed by atoms with van der Waals surface area (Å²) in [5.41, 5.74) is 2.58. The number of rotatable bonds is 9. The number of nitrogens with zero attached hydrogens (tertiary/aromatic N) is 2. The number of hydrogen-bond acceptors (Lipinski definition) is 5. The van der Waals surface area contributed by atoms with Gasteiger partial charge < -0.3 is 9.84 Å². The van der Waals surface area contributed by atoms with Gasteiger partial charge in [0.05, 0.1) is 0 Å². The maximum Gasteiger partial charge on any atom is 0.124 e. The smallest absolute Gasteiger partial charge is 0.124 e. The van der Waals surface area contributed by atoms with Crippen LogP contribution in [-0.2, 0) is 13.1 Å². The second-order valence-electron chi connectivity index (χ2n) is 6.71. The van der Waals surface area contributed by atoms with Crippen molar-refractivity contribution in [2.75, 3.05) is 32.8 Å². The molecule has 0 saturated carbocycles. The lowest BCUT2D eigenvalue weighted by molar-refractivity contribution is 0.0496. The maximum absolute atomic E-state index is 9.51. The van der Waals surface area contributed by atoms with E-state index in [1.165, 1.54) is 11.1 Å². The van der Waals surface area contributed by atoms with Crippen molar-refractivity contribution in [3.8, 4) is 5.75 Å². The number of para-hydroxylation sites is 1. The zero-order chi connectivity index (χ0) is 18.2. The van der Waals surface area contributed by atoms with Gasteiger partial charge in [0.1, 0.15) is 12.4 Å². The first-order valence-electron chi connectivity index (χ1n) is 9.20. The van der Waals surface area contributed by atoms with Crippen LogP contribution in [0.15, 0.2) is 53.7 Å². The van der Waals surface area contributed by atoms with Crippen LogP contribution in [-0.4, -0.2) is 53.8 Å². The zero-order valence-corrected chi connectivity index (χ0v) is 16.0. The van der Waals surface area contributed by atoms with Gasteiger partial charge in [-0.2, -0.15) is 11.3 Å². The van der Waals surface area contributed by atoms with Crippen molar-refractivity contribution >= 4 is 11.3 Å². The topological polar surface area (TPSA) is 35.9 Å². The van der Waals surface area contributed by atoms with Gasteiger partial charge in [0.15, 0.2) is 0 Å². The third kappa shape index (κ3) is 5.17. The molecule has 4 nitrogen and oxygen atoms in total. The summed E-state index contributed by atoms with van der Waals surface area (Å²) in [6, 6.07) is 10.8. The van der Waals surface area contributed by atoms with Crippen LogP contribution in [0.2, 0.25) is 0 Å². The molecule has 0 radical (unpaired) electrons. The number of thiophene rings is 1.